The molecule has 0 bridgehead atoms. The SMILES string of the molecule is O=C(Nc1ncc(F)s1)C(=NO[C@@H]1CC[C@@H](O)C1)c1ccc(S(=O)(=O)NC2CCOCC2)cc1. The third-order valence-corrected chi connectivity index (χ3v) is 7.78. The molecule has 4 rings (SSSR count). The Bertz CT molecular complexity index is 1130. The number of aliphatic hydroxyl groups excluding tert-OH is 1. The first-order valence-corrected chi connectivity index (χ1v) is 13.2. The van der Waals surface area contributed by atoms with E-state index in [0.717, 1.165) is 6.20 Å². The number of nitrogens with one attached hydrogen (secondary N) is 2. The molecule has 1 saturated carbocycles. The fourth-order valence-corrected chi connectivity index (χ4v) is 5.57. The highest BCUT2D eigenvalue weighted by Crippen LogP contribution is 2.23. The van der Waals surface area contributed by atoms with Crippen molar-refractivity contribution in [2.45, 2.75) is 55.2 Å². The van der Waals surface area contributed by atoms with Crippen LogP contribution in [0.2, 0.25) is 0 Å². The number of rotatable bonds is 8. The number of anilines is 1. The first kappa shape index (κ1) is 24.7. The number of halogens is 1. The molecule has 0 spiro atoms. The van der Waals surface area contributed by atoms with E-state index >= 15 is 0 Å². The van der Waals surface area contributed by atoms with Crippen LogP contribution < -0.4 is 10.0 Å². The van der Waals surface area contributed by atoms with E-state index in [1.54, 1.807) is 0 Å². The summed E-state index contributed by atoms with van der Waals surface area (Å²) in [5, 5.41) is 15.6. The Balaban J connectivity index is 1.53. The van der Waals surface area contributed by atoms with Crippen LogP contribution in [0.5, 0.6) is 0 Å². The van der Waals surface area contributed by atoms with Crippen molar-refractivity contribution >= 4 is 38.1 Å². The zero-order valence-electron chi connectivity index (χ0n) is 18.1. The van der Waals surface area contributed by atoms with Gasteiger partial charge in [-0.3, -0.25) is 10.1 Å². The number of oxime groups is 1. The summed E-state index contributed by atoms with van der Waals surface area (Å²) < 4.78 is 46.7. The van der Waals surface area contributed by atoms with Gasteiger partial charge in [-0.15, -0.1) is 0 Å². The van der Waals surface area contributed by atoms with Crippen molar-refractivity contribution in [3.05, 3.63) is 41.2 Å². The summed E-state index contributed by atoms with van der Waals surface area (Å²) in [5.74, 6) is -0.691. The molecule has 0 unspecified atom stereocenters. The Kier molecular flexibility index (Phi) is 7.88. The number of carbonyl (C=O) groups excluding carboxylic acids is 1. The number of benzene rings is 1. The van der Waals surface area contributed by atoms with Crippen molar-refractivity contribution < 1.29 is 32.3 Å². The number of carbonyl (C=O) groups is 1. The third kappa shape index (κ3) is 6.36. The van der Waals surface area contributed by atoms with E-state index in [4.69, 9.17) is 9.57 Å². The number of nitrogens with zero attached hydrogens (tertiary/aromatic N) is 2. The van der Waals surface area contributed by atoms with Crippen LogP contribution in [-0.2, 0) is 24.4 Å². The highest BCUT2D eigenvalue weighted by molar-refractivity contribution is 7.89. The molecule has 184 valence electrons. The Labute approximate surface area is 200 Å². The number of hydrogen-bond donors (Lipinski definition) is 3. The molecule has 10 nitrogen and oxygen atoms in total. The van der Waals surface area contributed by atoms with Gasteiger partial charge >= 0.3 is 0 Å². The van der Waals surface area contributed by atoms with Crippen LogP contribution in [0.15, 0.2) is 40.5 Å². The molecule has 1 saturated heterocycles. The van der Waals surface area contributed by atoms with E-state index in [0.29, 0.717) is 62.2 Å². The molecule has 0 radical (unpaired) electrons. The van der Waals surface area contributed by atoms with Crippen molar-refractivity contribution in [1.29, 1.82) is 0 Å². The Morgan fingerprint density at radius 1 is 1.21 bits per heavy atom. The molecule has 1 aromatic carbocycles. The Morgan fingerprint density at radius 3 is 2.56 bits per heavy atom. The van der Waals surface area contributed by atoms with Crippen LogP contribution in [0.25, 0.3) is 0 Å². The molecular formula is C21H25FN4O6S2. The summed E-state index contributed by atoms with van der Waals surface area (Å²) in [5.41, 5.74) is 0.177. The van der Waals surface area contributed by atoms with Gasteiger partial charge in [-0.05, 0) is 37.8 Å². The Morgan fingerprint density at radius 2 is 1.94 bits per heavy atom. The molecule has 1 aliphatic heterocycles. The second kappa shape index (κ2) is 10.9. The normalized spacial score (nSPS) is 22.0. The topological polar surface area (TPSA) is 139 Å². The predicted octanol–water partition coefficient (Wildman–Crippen LogP) is 2.01. The number of hydrogen-bond acceptors (Lipinski definition) is 9. The molecule has 34 heavy (non-hydrogen) atoms. The van der Waals surface area contributed by atoms with Gasteiger partial charge in [-0.1, -0.05) is 28.6 Å². The van der Waals surface area contributed by atoms with Gasteiger partial charge in [0.2, 0.25) is 10.0 Å². The molecular weight excluding hydrogens is 487 g/mol. The maximum absolute atomic E-state index is 13.3. The van der Waals surface area contributed by atoms with Gasteiger partial charge in [0.15, 0.2) is 16.0 Å². The zero-order chi connectivity index (χ0) is 24.1. The summed E-state index contributed by atoms with van der Waals surface area (Å²) in [7, 11) is -3.75. The molecule has 1 aliphatic carbocycles. The van der Waals surface area contributed by atoms with E-state index in [9.17, 15) is 22.7 Å². The van der Waals surface area contributed by atoms with Gasteiger partial charge in [0.05, 0.1) is 17.2 Å². The quantitative estimate of drug-likeness (QED) is 0.363. The maximum atomic E-state index is 13.3. The molecule has 13 heteroatoms. The van der Waals surface area contributed by atoms with Gasteiger partial charge in [0, 0.05) is 31.2 Å². The lowest BCUT2D eigenvalue weighted by Gasteiger charge is -2.23. The van der Waals surface area contributed by atoms with Crippen molar-refractivity contribution in [2.75, 3.05) is 18.5 Å². The zero-order valence-corrected chi connectivity index (χ0v) is 19.8. The van der Waals surface area contributed by atoms with Crippen molar-refractivity contribution in [3.63, 3.8) is 0 Å². The molecule has 2 aromatic rings. The number of thiazole rings is 1. The molecule has 2 atom stereocenters. The second-order valence-electron chi connectivity index (χ2n) is 8.09. The number of ether oxygens (including phenoxy) is 1. The molecule has 2 fully saturated rings. The van der Waals surface area contributed by atoms with E-state index in [1.165, 1.54) is 24.3 Å². The first-order chi connectivity index (χ1) is 16.3. The lowest BCUT2D eigenvalue weighted by atomic mass is 10.1. The number of amides is 1. The van der Waals surface area contributed by atoms with Gasteiger partial charge < -0.3 is 14.7 Å². The van der Waals surface area contributed by atoms with E-state index in [2.05, 4.69) is 20.2 Å². The van der Waals surface area contributed by atoms with Crippen LogP contribution >= 0.6 is 11.3 Å². The van der Waals surface area contributed by atoms with Crippen molar-refractivity contribution in [1.82, 2.24) is 9.71 Å². The summed E-state index contributed by atoms with van der Waals surface area (Å²) in [4.78, 5) is 22.2. The largest absolute Gasteiger partial charge is 0.393 e. The average molecular weight is 513 g/mol. The number of aromatic nitrogens is 1. The minimum Gasteiger partial charge on any atom is -0.393 e. The highest BCUT2D eigenvalue weighted by Gasteiger charge is 2.26. The number of aliphatic hydroxyl groups is 1. The summed E-state index contributed by atoms with van der Waals surface area (Å²) >= 11 is 0.660. The predicted molar refractivity (Wildman–Crippen MR) is 123 cm³/mol. The van der Waals surface area contributed by atoms with Crippen LogP contribution in [0.4, 0.5) is 9.52 Å². The Hall–Kier alpha value is -2.45. The minimum absolute atomic E-state index is 0.0457. The van der Waals surface area contributed by atoms with Gasteiger partial charge in [-0.25, -0.2) is 18.1 Å². The minimum atomic E-state index is -3.75. The maximum Gasteiger partial charge on any atom is 0.280 e. The summed E-state index contributed by atoms with van der Waals surface area (Å²) in [6, 6.07) is 5.46. The highest BCUT2D eigenvalue weighted by atomic mass is 32.2. The van der Waals surface area contributed by atoms with Crippen LogP contribution in [0, 0.1) is 5.13 Å². The summed E-state index contributed by atoms with van der Waals surface area (Å²) in [6.07, 6.45) is 2.91. The van der Waals surface area contributed by atoms with Crippen molar-refractivity contribution in [2.24, 2.45) is 5.16 Å². The molecule has 1 aromatic heterocycles. The van der Waals surface area contributed by atoms with Gasteiger partial charge in [0.25, 0.3) is 5.91 Å². The fraction of sp³-hybridized carbons (Fsp3) is 0.476. The van der Waals surface area contributed by atoms with Crippen LogP contribution in [0.1, 0.15) is 37.7 Å². The number of sulfonamides is 1. The third-order valence-electron chi connectivity index (χ3n) is 5.54. The molecule has 2 heterocycles. The van der Waals surface area contributed by atoms with Gasteiger partial charge in [-0.2, -0.15) is 4.39 Å². The lowest BCUT2D eigenvalue weighted by Crippen LogP contribution is -2.38. The average Bonchev–Trinajstić information content (AvgIpc) is 3.42. The summed E-state index contributed by atoms with van der Waals surface area (Å²) in [6.45, 7) is 1.00. The molecule has 2 aliphatic rings. The van der Waals surface area contributed by atoms with E-state index < -0.39 is 27.2 Å². The van der Waals surface area contributed by atoms with Crippen LogP contribution in [0.3, 0.4) is 0 Å². The van der Waals surface area contributed by atoms with Gasteiger partial charge in [0.1, 0.15) is 6.10 Å². The van der Waals surface area contributed by atoms with E-state index in [1.807, 2.05) is 0 Å². The monoisotopic (exact) mass is 512 g/mol. The molecule has 3 N–H and O–H groups in total. The lowest BCUT2D eigenvalue weighted by molar-refractivity contribution is -0.110. The van der Waals surface area contributed by atoms with Crippen molar-refractivity contribution in [3.8, 4) is 0 Å². The standard InChI is InChI=1S/C21H25FN4O6S2/c22-18-12-23-21(33-18)24-20(28)19(25-32-16-4-3-15(27)11-16)13-1-5-17(6-2-13)34(29,30)26-14-7-9-31-10-8-14/h1-2,5-6,12,14-16,26-27H,3-4,7-11H2,(H,23,24,28)/t15-,16-/m1/s1. The van der Waals surface area contributed by atoms with E-state index in [-0.39, 0.29) is 27.9 Å². The molecule has 1 amide bonds. The second-order valence-corrected chi connectivity index (χ2v) is 10.8. The first-order valence-electron chi connectivity index (χ1n) is 10.9. The smallest absolute Gasteiger partial charge is 0.280 e. The van der Waals surface area contributed by atoms with Crippen LogP contribution in [-0.4, -0.2) is 61.6 Å². The fourth-order valence-electron chi connectivity index (χ4n) is 3.73.